The third-order valence-corrected chi connectivity index (χ3v) is 4.54. The molecule has 1 aromatic rings. The van der Waals surface area contributed by atoms with Gasteiger partial charge in [0.25, 0.3) is 0 Å². The van der Waals surface area contributed by atoms with Gasteiger partial charge in [0.2, 0.25) is 0 Å². The Bertz CT molecular complexity index is 445. The van der Waals surface area contributed by atoms with Crippen molar-refractivity contribution in [3.63, 3.8) is 0 Å². The van der Waals surface area contributed by atoms with E-state index >= 15 is 0 Å². The van der Waals surface area contributed by atoms with Gasteiger partial charge >= 0.3 is 0 Å². The minimum Gasteiger partial charge on any atom is -0.293 e. The highest BCUT2D eigenvalue weighted by Gasteiger charge is 2.31. The van der Waals surface area contributed by atoms with Crippen LogP contribution in [0.25, 0.3) is 0 Å². The lowest BCUT2D eigenvalue weighted by Crippen LogP contribution is -2.44. The molecule has 0 aliphatic carbocycles. The standard InChI is InChI=1S/C16H28N2/c1-10(2)18(9)16(7,8)15-13(5)11(3)12(4)14(6)17-15/h10H,1-9H3. The second-order valence-electron chi connectivity index (χ2n) is 6.18. The summed E-state index contributed by atoms with van der Waals surface area (Å²) in [6.07, 6.45) is 0. The number of aryl methyl sites for hydroxylation is 1. The first-order valence-corrected chi connectivity index (χ1v) is 6.78. The average Bonchev–Trinajstić information content (AvgIpc) is 2.29. The fourth-order valence-electron chi connectivity index (χ4n) is 2.47. The van der Waals surface area contributed by atoms with Crippen LogP contribution in [0.15, 0.2) is 0 Å². The molecule has 18 heavy (non-hydrogen) atoms. The van der Waals surface area contributed by atoms with Gasteiger partial charge in [-0.15, -0.1) is 0 Å². The van der Waals surface area contributed by atoms with Crippen LogP contribution in [0.2, 0.25) is 0 Å². The van der Waals surface area contributed by atoms with Gasteiger partial charge in [0.1, 0.15) is 0 Å². The van der Waals surface area contributed by atoms with Crippen molar-refractivity contribution in [2.24, 2.45) is 0 Å². The quantitative estimate of drug-likeness (QED) is 0.806. The molecular weight excluding hydrogens is 220 g/mol. The molecule has 0 aromatic carbocycles. The van der Waals surface area contributed by atoms with Crippen molar-refractivity contribution in [1.82, 2.24) is 9.88 Å². The van der Waals surface area contributed by atoms with Gasteiger partial charge in [-0.2, -0.15) is 0 Å². The fourth-order valence-corrected chi connectivity index (χ4v) is 2.47. The van der Waals surface area contributed by atoms with E-state index in [1.165, 1.54) is 22.4 Å². The van der Waals surface area contributed by atoms with Crippen LogP contribution < -0.4 is 0 Å². The van der Waals surface area contributed by atoms with Crippen molar-refractivity contribution >= 4 is 0 Å². The summed E-state index contributed by atoms with van der Waals surface area (Å²) in [6.45, 7) is 17.6. The molecule has 1 rings (SSSR count). The van der Waals surface area contributed by atoms with Gasteiger partial charge in [-0.05, 0) is 79.1 Å². The monoisotopic (exact) mass is 248 g/mol. The second-order valence-corrected chi connectivity index (χ2v) is 6.18. The number of rotatable bonds is 3. The zero-order valence-electron chi connectivity index (χ0n) is 13.5. The number of aromatic nitrogens is 1. The molecule has 0 saturated heterocycles. The van der Waals surface area contributed by atoms with E-state index in [-0.39, 0.29) is 5.54 Å². The Morgan fingerprint density at radius 3 is 1.89 bits per heavy atom. The zero-order chi connectivity index (χ0) is 14.2. The summed E-state index contributed by atoms with van der Waals surface area (Å²) in [4.78, 5) is 7.25. The summed E-state index contributed by atoms with van der Waals surface area (Å²) in [6, 6.07) is 0.503. The Morgan fingerprint density at radius 2 is 1.44 bits per heavy atom. The van der Waals surface area contributed by atoms with E-state index in [9.17, 15) is 0 Å². The summed E-state index contributed by atoms with van der Waals surface area (Å²) >= 11 is 0. The summed E-state index contributed by atoms with van der Waals surface area (Å²) in [5.41, 5.74) is 6.34. The van der Waals surface area contributed by atoms with Crippen molar-refractivity contribution in [2.75, 3.05) is 7.05 Å². The highest BCUT2D eigenvalue weighted by molar-refractivity contribution is 5.40. The smallest absolute Gasteiger partial charge is 0.0636 e. The minimum absolute atomic E-state index is 0.0402. The van der Waals surface area contributed by atoms with Crippen molar-refractivity contribution in [1.29, 1.82) is 0 Å². The van der Waals surface area contributed by atoms with Crippen LogP contribution in [0.1, 0.15) is 55.8 Å². The number of nitrogens with zero attached hydrogens (tertiary/aromatic N) is 2. The van der Waals surface area contributed by atoms with E-state index in [1.54, 1.807) is 0 Å². The molecule has 0 amide bonds. The second kappa shape index (κ2) is 5.00. The molecule has 102 valence electrons. The number of pyridine rings is 1. The molecule has 0 spiro atoms. The van der Waals surface area contributed by atoms with Crippen LogP contribution in [-0.4, -0.2) is 23.0 Å². The Kier molecular flexibility index (Phi) is 4.22. The first-order valence-electron chi connectivity index (χ1n) is 6.78. The van der Waals surface area contributed by atoms with Crippen molar-refractivity contribution in [3.8, 4) is 0 Å². The minimum atomic E-state index is -0.0402. The van der Waals surface area contributed by atoms with Gasteiger partial charge < -0.3 is 0 Å². The topological polar surface area (TPSA) is 16.1 Å². The van der Waals surface area contributed by atoms with Crippen LogP contribution in [0, 0.1) is 27.7 Å². The zero-order valence-corrected chi connectivity index (χ0v) is 13.5. The molecule has 0 aliphatic heterocycles. The Labute approximate surface area is 112 Å². The first-order chi connectivity index (χ1) is 8.10. The SMILES string of the molecule is Cc1nc(C(C)(C)N(C)C(C)C)c(C)c(C)c1C. The molecule has 0 radical (unpaired) electrons. The van der Waals surface area contributed by atoms with Gasteiger partial charge in [-0.1, -0.05) is 0 Å². The molecule has 0 unspecified atom stereocenters. The van der Waals surface area contributed by atoms with E-state index in [0.29, 0.717) is 6.04 Å². The fraction of sp³-hybridized carbons (Fsp3) is 0.688. The van der Waals surface area contributed by atoms with E-state index in [0.717, 1.165) is 5.69 Å². The third-order valence-electron chi connectivity index (χ3n) is 4.54. The van der Waals surface area contributed by atoms with Gasteiger partial charge in [0.15, 0.2) is 0 Å². The van der Waals surface area contributed by atoms with Crippen LogP contribution in [-0.2, 0) is 5.54 Å². The molecule has 1 aromatic heterocycles. The molecule has 0 fully saturated rings. The van der Waals surface area contributed by atoms with Crippen LogP contribution in [0.3, 0.4) is 0 Å². The Morgan fingerprint density at radius 1 is 0.944 bits per heavy atom. The maximum absolute atomic E-state index is 4.87. The molecule has 1 heterocycles. The molecular formula is C16H28N2. The van der Waals surface area contributed by atoms with Gasteiger partial charge in [-0.25, -0.2) is 0 Å². The maximum atomic E-state index is 4.87. The summed E-state index contributed by atoms with van der Waals surface area (Å²) < 4.78 is 0. The first kappa shape index (κ1) is 15.2. The van der Waals surface area contributed by atoms with Gasteiger partial charge in [0.05, 0.1) is 11.2 Å². The lowest BCUT2D eigenvalue weighted by atomic mass is 9.89. The lowest BCUT2D eigenvalue weighted by molar-refractivity contribution is 0.113. The van der Waals surface area contributed by atoms with Gasteiger partial charge in [0, 0.05) is 11.7 Å². The van der Waals surface area contributed by atoms with Gasteiger partial charge in [-0.3, -0.25) is 9.88 Å². The number of hydrogen-bond donors (Lipinski definition) is 0. The summed E-state index contributed by atoms with van der Waals surface area (Å²) in [5.74, 6) is 0. The molecule has 0 N–H and O–H groups in total. The van der Waals surface area contributed by atoms with Crippen LogP contribution >= 0.6 is 0 Å². The third kappa shape index (κ3) is 2.44. The highest BCUT2D eigenvalue weighted by Crippen LogP contribution is 2.31. The molecule has 0 bridgehead atoms. The van der Waals surface area contributed by atoms with Crippen LogP contribution in [0.4, 0.5) is 0 Å². The average molecular weight is 248 g/mol. The highest BCUT2D eigenvalue weighted by atomic mass is 15.2. The predicted octanol–water partition coefficient (Wildman–Crippen LogP) is 3.89. The maximum Gasteiger partial charge on any atom is 0.0636 e. The molecule has 0 aliphatic rings. The van der Waals surface area contributed by atoms with Crippen molar-refractivity contribution in [3.05, 3.63) is 28.1 Å². The lowest BCUT2D eigenvalue weighted by Gasteiger charge is -2.39. The summed E-state index contributed by atoms with van der Waals surface area (Å²) in [7, 11) is 2.18. The van der Waals surface area contributed by atoms with Crippen LogP contribution in [0.5, 0.6) is 0 Å². The molecule has 0 atom stereocenters. The van der Waals surface area contributed by atoms with E-state index in [2.05, 4.69) is 67.3 Å². The van der Waals surface area contributed by atoms with Crippen molar-refractivity contribution in [2.45, 2.75) is 67.0 Å². The van der Waals surface area contributed by atoms with E-state index in [1.807, 2.05) is 0 Å². The Balaban J connectivity index is 3.42. The predicted molar refractivity (Wildman–Crippen MR) is 79.1 cm³/mol. The normalized spacial score (nSPS) is 12.6. The molecule has 2 nitrogen and oxygen atoms in total. The van der Waals surface area contributed by atoms with Crippen molar-refractivity contribution < 1.29 is 0 Å². The number of hydrogen-bond acceptors (Lipinski definition) is 2. The van der Waals surface area contributed by atoms with E-state index < -0.39 is 0 Å². The largest absolute Gasteiger partial charge is 0.293 e. The Hall–Kier alpha value is -0.890. The molecule has 2 heteroatoms. The molecule has 0 saturated carbocycles. The summed E-state index contributed by atoms with van der Waals surface area (Å²) in [5, 5.41) is 0. The van der Waals surface area contributed by atoms with E-state index in [4.69, 9.17) is 4.98 Å².